The van der Waals surface area contributed by atoms with Crippen molar-refractivity contribution in [2.75, 3.05) is 6.61 Å². The summed E-state index contributed by atoms with van der Waals surface area (Å²) in [7, 11) is 0. The molecule has 150 valence electrons. The van der Waals surface area contributed by atoms with Gasteiger partial charge in [-0.3, -0.25) is 4.79 Å². The van der Waals surface area contributed by atoms with Gasteiger partial charge >= 0.3 is 0 Å². The van der Waals surface area contributed by atoms with Gasteiger partial charge in [0.1, 0.15) is 11.6 Å². The van der Waals surface area contributed by atoms with Crippen molar-refractivity contribution < 1.29 is 23.0 Å². The number of carbonyl (C=O) groups excluding carboxylic acids is 1. The van der Waals surface area contributed by atoms with E-state index in [1.807, 2.05) is 0 Å². The number of aromatic nitrogens is 1. The average molecular weight is 398 g/mol. The van der Waals surface area contributed by atoms with Crippen LogP contribution in [0.5, 0.6) is 17.4 Å². The molecule has 3 rings (SSSR count). The molecule has 0 saturated carbocycles. The van der Waals surface area contributed by atoms with E-state index in [0.717, 1.165) is 0 Å². The standard InChI is InChI=1S/C22H20F2N2O3/c23-17-7-3-8-18(14-17)29-22-16(6-4-12-25-22)15-26-21(27)11-5-13-28-20-10-2-1-9-19(20)24/h1-4,6-10,12,14H,5,11,13,15H2,(H,26,27). The first-order valence-electron chi connectivity index (χ1n) is 9.13. The van der Waals surface area contributed by atoms with Crippen LogP contribution in [0.2, 0.25) is 0 Å². The van der Waals surface area contributed by atoms with Crippen molar-refractivity contribution in [3.63, 3.8) is 0 Å². The maximum atomic E-state index is 13.5. The van der Waals surface area contributed by atoms with E-state index >= 15 is 0 Å². The summed E-state index contributed by atoms with van der Waals surface area (Å²) in [6.07, 6.45) is 2.23. The van der Waals surface area contributed by atoms with Crippen LogP contribution in [0, 0.1) is 11.6 Å². The number of amides is 1. The summed E-state index contributed by atoms with van der Waals surface area (Å²) >= 11 is 0. The molecular weight excluding hydrogens is 378 g/mol. The maximum Gasteiger partial charge on any atom is 0.224 e. The first kappa shape index (κ1) is 20.3. The fraction of sp³-hybridized carbons (Fsp3) is 0.182. The van der Waals surface area contributed by atoms with Gasteiger partial charge in [-0.25, -0.2) is 13.8 Å². The lowest BCUT2D eigenvalue weighted by Crippen LogP contribution is -2.23. The molecule has 1 aromatic heterocycles. The van der Waals surface area contributed by atoms with Crippen LogP contribution >= 0.6 is 0 Å². The van der Waals surface area contributed by atoms with Gasteiger partial charge in [-0.15, -0.1) is 0 Å². The Kier molecular flexibility index (Phi) is 7.10. The summed E-state index contributed by atoms with van der Waals surface area (Å²) in [5.41, 5.74) is 0.660. The largest absolute Gasteiger partial charge is 0.491 e. The minimum atomic E-state index is -0.431. The smallest absolute Gasteiger partial charge is 0.224 e. The van der Waals surface area contributed by atoms with Gasteiger partial charge in [-0.05, 0) is 36.8 Å². The molecule has 0 radical (unpaired) electrons. The normalized spacial score (nSPS) is 10.4. The van der Waals surface area contributed by atoms with Crippen molar-refractivity contribution >= 4 is 5.91 Å². The molecule has 0 saturated heterocycles. The molecule has 3 aromatic rings. The van der Waals surface area contributed by atoms with Crippen LogP contribution in [0.4, 0.5) is 8.78 Å². The number of hydrogen-bond donors (Lipinski definition) is 1. The number of hydrogen-bond acceptors (Lipinski definition) is 4. The molecular formula is C22H20F2N2O3. The summed E-state index contributed by atoms with van der Waals surface area (Å²) in [5, 5.41) is 2.78. The summed E-state index contributed by atoms with van der Waals surface area (Å²) in [6, 6.07) is 15.4. The van der Waals surface area contributed by atoms with Gasteiger partial charge in [0, 0.05) is 30.8 Å². The lowest BCUT2D eigenvalue weighted by atomic mass is 10.2. The zero-order chi connectivity index (χ0) is 20.5. The Balaban J connectivity index is 1.46. The van der Waals surface area contributed by atoms with Crippen LogP contribution < -0.4 is 14.8 Å². The molecule has 1 amide bonds. The third-order valence-corrected chi connectivity index (χ3v) is 3.98. The Morgan fingerprint density at radius 1 is 1.03 bits per heavy atom. The molecule has 0 aliphatic rings. The minimum absolute atomic E-state index is 0.169. The van der Waals surface area contributed by atoms with Crippen molar-refractivity contribution in [2.45, 2.75) is 19.4 Å². The molecule has 7 heteroatoms. The van der Waals surface area contributed by atoms with E-state index in [0.29, 0.717) is 23.6 Å². The highest BCUT2D eigenvalue weighted by Crippen LogP contribution is 2.23. The monoisotopic (exact) mass is 398 g/mol. The van der Waals surface area contributed by atoms with Gasteiger partial charge in [0.05, 0.1) is 6.61 Å². The van der Waals surface area contributed by atoms with Crippen molar-refractivity contribution in [1.29, 1.82) is 0 Å². The van der Waals surface area contributed by atoms with E-state index in [1.165, 1.54) is 24.3 Å². The summed E-state index contributed by atoms with van der Waals surface area (Å²) in [4.78, 5) is 16.2. The Labute approximate surface area is 167 Å². The highest BCUT2D eigenvalue weighted by molar-refractivity contribution is 5.75. The number of halogens is 2. The molecule has 0 bridgehead atoms. The lowest BCUT2D eigenvalue weighted by Gasteiger charge is -2.11. The fourth-order valence-electron chi connectivity index (χ4n) is 2.55. The molecule has 0 aliphatic heterocycles. The van der Waals surface area contributed by atoms with Crippen LogP contribution in [0.15, 0.2) is 66.9 Å². The predicted molar refractivity (Wildman–Crippen MR) is 104 cm³/mol. The molecule has 1 N–H and O–H groups in total. The minimum Gasteiger partial charge on any atom is -0.491 e. The van der Waals surface area contributed by atoms with E-state index in [-0.39, 0.29) is 31.2 Å². The van der Waals surface area contributed by atoms with Crippen LogP contribution in [0.25, 0.3) is 0 Å². The Bertz CT molecular complexity index is 966. The van der Waals surface area contributed by atoms with Crippen LogP contribution in [-0.4, -0.2) is 17.5 Å². The second-order valence-corrected chi connectivity index (χ2v) is 6.19. The second kappa shape index (κ2) is 10.2. The van der Waals surface area contributed by atoms with Gasteiger partial charge in [0.25, 0.3) is 0 Å². The lowest BCUT2D eigenvalue weighted by molar-refractivity contribution is -0.121. The number of rotatable bonds is 9. The van der Waals surface area contributed by atoms with Gasteiger partial charge in [-0.2, -0.15) is 0 Å². The molecule has 0 unspecified atom stereocenters. The molecule has 0 spiro atoms. The molecule has 1 heterocycles. The van der Waals surface area contributed by atoms with E-state index < -0.39 is 11.6 Å². The first-order valence-corrected chi connectivity index (χ1v) is 9.13. The van der Waals surface area contributed by atoms with E-state index in [4.69, 9.17) is 9.47 Å². The summed E-state index contributed by atoms with van der Waals surface area (Å²) in [6.45, 7) is 0.445. The number of nitrogens with zero attached hydrogens (tertiary/aromatic N) is 1. The first-order chi connectivity index (χ1) is 14.1. The zero-order valence-electron chi connectivity index (χ0n) is 15.6. The van der Waals surface area contributed by atoms with Crippen molar-refractivity contribution in [3.8, 4) is 17.4 Å². The molecule has 0 fully saturated rings. The Morgan fingerprint density at radius 2 is 1.90 bits per heavy atom. The highest BCUT2D eigenvalue weighted by atomic mass is 19.1. The van der Waals surface area contributed by atoms with Gasteiger partial charge in [0.2, 0.25) is 11.8 Å². The molecule has 29 heavy (non-hydrogen) atoms. The van der Waals surface area contributed by atoms with Gasteiger partial charge in [-0.1, -0.05) is 24.3 Å². The Morgan fingerprint density at radius 3 is 2.72 bits per heavy atom. The molecule has 0 atom stereocenters. The van der Waals surface area contributed by atoms with Crippen molar-refractivity contribution in [1.82, 2.24) is 10.3 Å². The van der Waals surface area contributed by atoms with Crippen molar-refractivity contribution in [2.24, 2.45) is 0 Å². The number of para-hydroxylation sites is 1. The van der Waals surface area contributed by atoms with E-state index in [9.17, 15) is 13.6 Å². The molecule has 5 nitrogen and oxygen atoms in total. The van der Waals surface area contributed by atoms with Gasteiger partial charge < -0.3 is 14.8 Å². The quantitative estimate of drug-likeness (QED) is 0.534. The third kappa shape index (κ3) is 6.27. The highest BCUT2D eigenvalue weighted by Gasteiger charge is 2.09. The SMILES string of the molecule is O=C(CCCOc1ccccc1F)NCc1cccnc1Oc1cccc(F)c1. The summed E-state index contributed by atoms with van der Waals surface area (Å²) < 4.78 is 37.7. The average Bonchev–Trinajstić information content (AvgIpc) is 2.72. The number of pyridine rings is 1. The van der Waals surface area contributed by atoms with Crippen LogP contribution in [-0.2, 0) is 11.3 Å². The number of ether oxygens (including phenoxy) is 2. The second-order valence-electron chi connectivity index (χ2n) is 6.19. The fourth-order valence-corrected chi connectivity index (χ4v) is 2.55. The third-order valence-electron chi connectivity index (χ3n) is 3.98. The van der Waals surface area contributed by atoms with Gasteiger partial charge in [0.15, 0.2) is 11.6 Å². The predicted octanol–water partition coefficient (Wildman–Crippen LogP) is 4.63. The summed E-state index contributed by atoms with van der Waals surface area (Å²) in [5.74, 6) is -0.238. The number of nitrogens with one attached hydrogen (secondary N) is 1. The van der Waals surface area contributed by atoms with Crippen LogP contribution in [0.3, 0.4) is 0 Å². The topological polar surface area (TPSA) is 60.5 Å². The number of carbonyl (C=O) groups is 1. The van der Waals surface area contributed by atoms with Crippen molar-refractivity contribution in [3.05, 3.63) is 84.1 Å². The van der Waals surface area contributed by atoms with E-state index in [1.54, 1.807) is 42.6 Å². The Hall–Kier alpha value is -3.48. The van der Waals surface area contributed by atoms with Crippen LogP contribution in [0.1, 0.15) is 18.4 Å². The number of benzene rings is 2. The van der Waals surface area contributed by atoms with E-state index in [2.05, 4.69) is 10.3 Å². The zero-order valence-corrected chi connectivity index (χ0v) is 15.6. The maximum absolute atomic E-state index is 13.5. The molecule has 0 aliphatic carbocycles. The molecule has 2 aromatic carbocycles.